The first kappa shape index (κ1) is 18.7. The van der Waals surface area contributed by atoms with Crippen LogP contribution in [-0.2, 0) is 6.54 Å². The summed E-state index contributed by atoms with van der Waals surface area (Å²) in [5, 5.41) is 10.2. The van der Waals surface area contributed by atoms with Crippen LogP contribution in [0, 0.1) is 0 Å². The molecule has 0 bridgehead atoms. The Balaban J connectivity index is 1.48. The summed E-state index contributed by atoms with van der Waals surface area (Å²) in [6.07, 6.45) is 3.78. The van der Waals surface area contributed by atoms with Gasteiger partial charge in [0.1, 0.15) is 11.4 Å². The fourth-order valence-electron chi connectivity index (χ4n) is 2.87. The van der Waals surface area contributed by atoms with Gasteiger partial charge in [0, 0.05) is 18.3 Å². The lowest BCUT2D eigenvalue weighted by molar-refractivity contribution is 0.0995. The van der Waals surface area contributed by atoms with Crippen molar-refractivity contribution in [1.29, 1.82) is 0 Å². The number of imidazole rings is 1. The number of carbonyl (C=O) groups excluding carboxylic acids is 1. The van der Waals surface area contributed by atoms with Crippen molar-refractivity contribution in [2.24, 2.45) is 5.73 Å². The van der Waals surface area contributed by atoms with Gasteiger partial charge in [0.05, 0.1) is 19.0 Å². The summed E-state index contributed by atoms with van der Waals surface area (Å²) in [7, 11) is 0. The molecule has 0 aliphatic carbocycles. The van der Waals surface area contributed by atoms with Gasteiger partial charge in [-0.1, -0.05) is 48.5 Å². The molecule has 0 aliphatic heterocycles. The van der Waals surface area contributed by atoms with Crippen LogP contribution in [0.2, 0.25) is 0 Å². The standard InChI is InChI=1S/C21H23N3O3/c22-21(26)19-14-24(15-23-19)13-17(25)9-6-12-27-20-11-5-4-10-18(20)16-7-2-1-3-8-16/h1-5,7-8,10-11,14-15,17,25H,6,9,12-13H2,(H2,22,26)/t17-/m0/s1. The maximum absolute atomic E-state index is 11.0. The van der Waals surface area contributed by atoms with Crippen molar-refractivity contribution in [1.82, 2.24) is 9.55 Å². The lowest BCUT2D eigenvalue weighted by Crippen LogP contribution is -2.16. The molecule has 6 heteroatoms. The van der Waals surface area contributed by atoms with Gasteiger partial charge >= 0.3 is 0 Å². The van der Waals surface area contributed by atoms with Gasteiger partial charge in [0.25, 0.3) is 5.91 Å². The van der Waals surface area contributed by atoms with Crippen molar-refractivity contribution in [3.8, 4) is 16.9 Å². The first-order valence-corrected chi connectivity index (χ1v) is 8.90. The van der Waals surface area contributed by atoms with Crippen molar-refractivity contribution in [2.45, 2.75) is 25.5 Å². The van der Waals surface area contributed by atoms with Crippen molar-refractivity contribution in [2.75, 3.05) is 6.61 Å². The number of benzene rings is 2. The van der Waals surface area contributed by atoms with Gasteiger partial charge < -0.3 is 20.1 Å². The second kappa shape index (κ2) is 9.00. The van der Waals surface area contributed by atoms with E-state index < -0.39 is 12.0 Å². The molecular weight excluding hydrogens is 342 g/mol. The summed E-state index contributed by atoms with van der Waals surface area (Å²) in [5.74, 6) is 0.257. The highest BCUT2D eigenvalue weighted by molar-refractivity contribution is 5.90. The van der Waals surface area contributed by atoms with E-state index in [9.17, 15) is 9.90 Å². The summed E-state index contributed by atoms with van der Waals surface area (Å²) >= 11 is 0. The normalized spacial score (nSPS) is 11.9. The van der Waals surface area contributed by atoms with Gasteiger partial charge in [-0.3, -0.25) is 4.79 Å². The Morgan fingerprint density at radius 3 is 2.63 bits per heavy atom. The number of aliphatic hydroxyl groups excluding tert-OH is 1. The average molecular weight is 365 g/mol. The fraction of sp³-hybridized carbons (Fsp3) is 0.238. The molecule has 0 saturated carbocycles. The quantitative estimate of drug-likeness (QED) is 0.571. The summed E-state index contributed by atoms with van der Waals surface area (Å²) < 4.78 is 7.60. The SMILES string of the molecule is NC(=O)c1cn(C[C@@H](O)CCCOc2ccccc2-c2ccccc2)cn1. The van der Waals surface area contributed by atoms with E-state index in [1.807, 2.05) is 42.5 Å². The molecule has 27 heavy (non-hydrogen) atoms. The molecule has 0 saturated heterocycles. The van der Waals surface area contributed by atoms with E-state index in [2.05, 4.69) is 17.1 Å². The highest BCUT2D eigenvalue weighted by atomic mass is 16.5. The van der Waals surface area contributed by atoms with Crippen molar-refractivity contribution < 1.29 is 14.6 Å². The van der Waals surface area contributed by atoms with Crippen LogP contribution < -0.4 is 10.5 Å². The van der Waals surface area contributed by atoms with Crippen LogP contribution in [0.5, 0.6) is 5.75 Å². The van der Waals surface area contributed by atoms with Crippen molar-refractivity contribution in [3.63, 3.8) is 0 Å². The van der Waals surface area contributed by atoms with E-state index >= 15 is 0 Å². The Morgan fingerprint density at radius 1 is 1.15 bits per heavy atom. The minimum Gasteiger partial charge on any atom is -0.493 e. The van der Waals surface area contributed by atoms with Crippen LogP contribution in [-0.4, -0.2) is 33.3 Å². The van der Waals surface area contributed by atoms with E-state index in [1.54, 1.807) is 4.57 Å². The Kier molecular flexibility index (Phi) is 6.22. The molecule has 0 unspecified atom stereocenters. The molecule has 0 aliphatic rings. The predicted molar refractivity (Wildman–Crippen MR) is 103 cm³/mol. The number of hydrogen-bond donors (Lipinski definition) is 2. The maximum Gasteiger partial charge on any atom is 0.268 e. The summed E-state index contributed by atoms with van der Waals surface area (Å²) in [6.45, 7) is 0.873. The zero-order valence-electron chi connectivity index (χ0n) is 15.0. The molecule has 1 atom stereocenters. The highest BCUT2D eigenvalue weighted by Gasteiger charge is 2.10. The molecule has 1 heterocycles. The lowest BCUT2D eigenvalue weighted by atomic mass is 10.1. The Hall–Kier alpha value is -3.12. The summed E-state index contributed by atoms with van der Waals surface area (Å²) in [5.41, 5.74) is 7.53. The van der Waals surface area contributed by atoms with Crippen LogP contribution in [0.1, 0.15) is 23.3 Å². The number of aromatic nitrogens is 2. The van der Waals surface area contributed by atoms with E-state index in [0.29, 0.717) is 26.0 Å². The number of nitrogens with two attached hydrogens (primary N) is 1. The molecule has 0 spiro atoms. The summed E-state index contributed by atoms with van der Waals surface area (Å²) in [4.78, 5) is 14.9. The first-order chi connectivity index (χ1) is 13.1. The van der Waals surface area contributed by atoms with Crippen LogP contribution in [0.3, 0.4) is 0 Å². The van der Waals surface area contributed by atoms with Crippen LogP contribution in [0.15, 0.2) is 67.1 Å². The van der Waals surface area contributed by atoms with E-state index in [-0.39, 0.29) is 5.69 Å². The monoisotopic (exact) mass is 365 g/mol. The number of amides is 1. The second-order valence-corrected chi connectivity index (χ2v) is 6.33. The van der Waals surface area contributed by atoms with E-state index in [4.69, 9.17) is 10.5 Å². The highest BCUT2D eigenvalue weighted by Crippen LogP contribution is 2.29. The second-order valence-electron chi connectivity index (χ2n) is 6.33. The molecule has 140 valence electrons. The average Bonchev–Trinajstić information content (AvgIpc) is 3.15. The molecule has 6 nitrogen and oxygen atoms in total. The third-order valence-corrected chi connectivity index (χ3v) is 4.22. The number of ether oxygens (including phenoxy) is 1. The zero-order chi connectivity index (χ0) is 19.1. The molecule has 1 amide bonds. The number of primary amides is 1. The summed E-state index contributed by atoms with van der Waals surface area (Å²) in [6, 6.07) is 18.0. The van der Waals surface area contributed by atoms with Gasteiger partial charge in [-0.25, -0.2) is 4.98 Å². The topological polar surface area (TPSA) is 90.4 Å². The molecule has 1 aromatic heterocycles. The van der Waals surface area contributed by atoms with Gasteiger partial charge in [-0.15, -0.1) is 0 Å². The smallest absolute Gasteiger partial charge is 0.268 e. The predicted octanol–water partition coefficient (Wildman–Crippen LogP) is 2.87. The number of hydrogen-bond acceptors (Lipinski definition) is 4. The number of carbonyl (C=O) groups is 1. The van der Waals surface area contributed by atoms with Crippen molar-refractivity contribution >= 4 is 5.91 Å². The molecule has 2 aromatic carbocycles. The molecule has 0 fully saturated rings. The van der Waals surface area contributed by atoms with Gasteiger partial charge in [-0.2, -0.15) is 0 Å². The van der Waals surface area contributed by atoms with E-state index in [1.165, 1.54) is 12.5 Å². The molecular formula is C21H23N3O3. The third-order valence-electron chi connectivity index (χ3n) is 4.22. The number of nitrogens with zero attached hydrogens (tertiary/aromatic N) is 2. The molecule has 3 N–H and O–H groups in total. The largest absolute Gasteiger partial charge is 0.493 e. The first-order valence-electron chi connectivity index (χ1n) is 8.90. The number of para-hydroxylation sites is 1. The van der Waals surface area contributed by atoms with Crippen LogP contribution >= 0.6 is 0 Å². The zero-order valence-corrected chi connectivity index (χ0v) is 15.0. The molecule has 0 radical (unpaired) electrons. The lowest BCUT2D eigenvalue weighted by Gasteiger charge is -2.14. The number of aliphatic hydroxyl groups is 1. The molecule has 3 rings (SSSR count). The maximum atomic E-state index is 11.0. The third kappa shape index (κ3) is 5.18. The van der Waals surface area contributed by atoms with Crippen LogP contribution in [0.4, 0.5) is 0 Å². The number of rotatable bonds is 9. The fourth-order valence-corrected chi connectivity index (χ4v) is 2.87. The van der Waals surface area contributed by atoms with Gasteiger partial charge in [0.2, 0.25) is 0 Å². The van der Waals surface area contributed by atoms with Gasteiger partial charge in [0.15, 0.2) is 0 Å². The minimum atomic E-state index is -0.575. The molecule has 3 aromatic rings. The van der Waals surface area contributed by atoms with E-state index in [0.717, 1.165) is 16.9 Å². The Morgan fingerprint density at radius 2 is 1.89 bits per heavy atom. The Labute approximate surface area is 158 Å². The Bertz CT molecular complexity index is 877. The minimum absolute atomic E-state index is 0.197. The van der Waals surface area contributed by atoms with Crippen LogP contribution in [0.25, 0.3) is 11.1 Å². The van der Waals surface area contributed by atoms with Gasteiger partial charge in [-0.05, 0) is 24.5 Å². The van der Waals surface area contributed by atoms with Crippen molar-refractivity contribution in [3.05, 3.63) is 72.8 Å².